The molecule has 1 aliphatic carbocycles. The molecule has 1 saturated carbocycles. The highest BCUT2D eigenvalue weighted by Crippen LogP contribution is 2.25. The van der Waals surface area contributed by atoms with Crippen molar-refractivity contribution in [3.63, 3.8) is 0 Å². The van der Waals surface area contributed by atoms with Crippen molar-refractivity contribution in [2.75, 3.05) is 13.7 Å². The zero-order valence-corrected chi connectivity index (χ0v) is 12.5. The Balaban J connectivity index is 1.89. The smallest absolute Gasteiger partial charge is 0.121 e. The SMILES string of the molecule is COc1ccc2c(c1)nc(CCNC1CC1)n2C(C)C. The van der Waals surface area contributed by atoms with Gasteiger partial charge >= 0.3 is 0 Å². The van der Waals surface area contributed by atoms with Gasteiger partial charge in [0.15, 0.2) is 0 Å². The molecule has 108 valence electrons. The minimum Gasteiger partial charge on any atom is -0.497 e. The molecule has 0 atom stereocenters. The van der Waals surface area contributed by atoms with Crippen molar-refractivity contribution < 1.29 is 4.74 Å². The summed E-state index contributed by atoms with van der Waals surface area (Å²) in [5.74, 6) is 2.03. The van der Waals surface area contributed by atoms with Gasteiger partial charge in [-0.2, -0.15) is 0 Å². The van der Waals surface area contributed by atoms with E-state index in [-0.39, 0.29) is 0 Å². The van der Waals surface area contributed by atoms with E-state index < -0.39 is 0 Å². The normalized spacial score (nSPS) is 15.2. The summed E-state index contributed by atoms with van der Waals surface area (Å²) in [6.45, 7) is 5.43. The molecule has 1 aromatic carbocycles. The summed E-state index contributed by atoms with van der Waals surface area (Å²) in [5, 5.41) is 3.56. The predicted molar refractivity (Wildman–Crippen MR) is 81.4 cm³/mol. The van der Waals surface area contributed by atoms with Gasteiger partial charge in [-0.05, 0) is 38.8 Å². The Bertz CT molecular complexity index is 599. The Kier molecular flexibility index (Phi) is 3.66. The van der Waals surface area contributed by atoms with Crippen molar-refractivity contribution in [3.05, 3.63) is 24.0 Å². The summed E-state index contributed by atoms with van der Waals surface area (Å²) in [7, 11) is 1.70. The molecule has 0 unspecified atom stereocenters. The molecule has 0 radical (unpaired) electrons. The third-order valence-electron chi connectivity index (χ3n) is 3.85. The number of methoxy groups -OCH3 is 1. The van der Waals surface area contributed by atoms with Gasteiger partial charge in [-0.25, -0.2) is 4.98 Å². The Morgan fingerprint density at radius 1 is 1.40 bits per heavy atom. The number of aromatic nitrogens is 2. The van der Waals surface area contributed by atoms with Crippen LogP contribution in [0.3, 0.4) is 0 Å². The molecule has 1 N–H and O–H groups in total. The van der Waals surface area contributed by atoms with Gasteiger partial charge in [0.1, 0.15) is 11.6 Å². The van der Waals surface area contributed by atoms with Crippen LogP contribution in [0.4, 0.5) is 0 Å². The standard InChI is InChI=1S/C16H23N3O/c1-11(2)19-15-7-6-13(20-3)10-14(15)18-16(19)8-9-17-12-4-5-12/h6-7,10-12,17H,4-5,8-9H2,1-3H3. The fraction of sp³-hybridized carbons (Fsp3) is 0.562. The molecule has 2 aromatic rings. The molecule has 0 aliphatic heterocycles. The first-order valence-corrected chi connectivity index (χ1v) is 7.47. The minimum atomic E-state index is 0.421. The first-order chi connectivity index (χ1) is 9.69. The zero-order chi connectivity index (χ0) is 14.1. The van der Waals surface area contributed by atoms with E-state index in [1.165, 1.54) is 18.4 Å². The number of hydrogen-bond donors (Lipinski definition) is 1. The van der Waals surface area contributed by atoms with Gasteiger partial charge in [0.25, 0.3) is 0 Å². The third-order valence-corrected chi connectivity index (χ3v) is 3.85. The van der Waals surface area contributed by atoms with Crippen molar-refractivity contribution in [1.29, 1.82) is 0 Å². The van der Waals surface area contributed by atoms with E-state index in [0.717, 1.165) is 36.1 Å². The molecule has 1 aliphatic rings. The Morgan fingerprint density at radius 3 is 2.85 bits per heavy atom. The van der Waals surface area contributed by atoms with Gasteiger partial charge in [-0.1, -0.05) is 0 Å². The van der Waals surface area contributed by atoms with E-state index in [1.807, 2.05) is 12.1 Å². The second kappa shape index (κ2) is 5.44. The number of fused-ring (bicyclic) bond motifs is 1. The lowest BCUT2D eigenvalue weighted by molar-refractivity contribution is 0.415. The lowest BCUT2D eigenvalue weighted by Gasteiger charge is -2.13. The van der Waals surface area contributed by atoms with Crippen molar-refractivity contribution in [2.45, 2.75) is 45.2 Å². The molecule has 0 spiro atoms. The number of ether oxygens (including phenoxy) is 1. The summed E-state index contributed by atoms with van der Waals surface area (Å²) < 4.78 is 7.63. The number of imidazole rings is 1. The van der Waals surface area contributed by atoms with Crippen molar-refractivity contribution in [3.8, 4) is 5.75 Å². The average Bonchev–Trinajstić information content (AvgIpc) is 3.17. The molecule has 1 aromatic heterocycles. The molecule has 3 rings (SSSR count). The molecular weight excluding hydrogens is 250 g/mol. The molecule has 0 bridgehead atoms. The number of benzene rings is 1. The van der Waals surface area contributed by atoms with Crippen LogP contribution in [-0.4, -0.2) is 29.2 Å². The molecule has 0 saturated heterocycles. The lowest BCUT2D eigenvalue weighted by Crippen LogP contribution is -2.21. The summed E-state index contributed by atoms with van der Waals surface area (Å²) in [6, 6.07) is 7.32. The van der Waals surface area contributed by atoms with Gasteiger partial charge in [-0.15, -0.1) is 0 Å². The Hall–Kier alpha value is -1.55. The number of nitrogens with one attached hydrogen (secondary N) is 1. The van der Waals surface area contributed by atoms with Crippen LogP contribution in [0.2, 0.25) is 0 Å². The van der Waals surface area contributed by atoms with Gasteiger partial charge in [-0.3, -0.25) is 0 Å². The maximum atomic E-state index is 5.29. The molecule has 1 heterocycles. The maximum Gasteiger partial charge on any atom is 0.121 e. The minimum absolute atomic E-state index is 0.421. The molecule has 4 nitrogen and oxygen atoms in total. The number of nitrogens with zero attached hydrogens (tertiary/aromatic N) is 2. The van der Waals surface area contributed by atoms with Crippen LogP contribution in [0.25, 0.3) is 11.0 Å². The number of rotatable bonds is 6. The fourth-order valence-corrected chi connectivity index (χ4v) is 2.68. The summed E-state index contributed by atoms with van der Waals surface area (Å²) in [4.78, 5) is 4.80. The second-order valence-corrected chi connectivity index (χ2v) is 5.82. The van der Waals surface area contributed by atoms with Crippen molar-refractivity contribution in [1.82, 2.24) is 14.9 Å². The van der Waals surface area contributed by atoms with E-state index >= 15 is 0 Å². The highest BCUT2D eigenvalue weighted by Gasteiger charge is 2.20. The molecule has 1 fully saturated rings. The van der Waals surface area contributed by atoms with E-state index in [9.17, 15) is 0 Å². The maximum absolute atomic E-state index is 5.29. The fourth-order valence-electron chi connectivity index (χ4n) is 2.68. The lowest BCUT2D eigenvalue weighted by atomic mass is 10.2. The van der Waals surface area contributed by atoms with Crippen molar-refractivity contribution >= 4 is 11.0 Å². The van der Waals surface area contributed by atoms with Crippen LogP contribution in [-0.2, 0) is 6.42 Å². The summed E-state index contributed by atoms with van der Waals surface area (Å²) >= 11 is 0. The molecule has 0 amide bonds. The van der Waals surface area contributed by atoms with E-state index in [2.05, 4.69) is 29.8 Å². The predicted octanol–water partition coefficient (Wildman–Crippen LogP) is 2.92. The van der Waals surface area contributed by atoms with Gasteiger partial charge in [0.2, 0.25) is 0 Å². The van der Waals surface area contributed by atoms with Crippen LogP contribution in [0.1, 0.15) is 38.6 Å². The van der Waals surface area contributed by atoms with Crippen LogP contribution in [0.15, 0.2) is 18.2 Å². The average molecular weight is 273 g/mol. The molecular formula is C16H23N3O. The highest BCUT2D eigenvalue weighted by molar-refractivity contribution is 5.78. The summed E-state index contributed by atoms with van der Waals surface area (Å²) in [5.41, 5.74) is 2.22. The van der Waals surface area contributed by atoms with Crippen molar-refractivity contribution in [2.24, 2.45) is 0 Å². The Labute approximate surface area is 120 Å². The molecule has 20 heavy (non-hydrogen) atoms. The monoisotopic (exact) mass is 273 g/mol. The highest BCUT2D eigenvalue weighted by atomic mass is 16.5. The van der Waals surface area contributed by atoms with Gasteiger partial charge < -0.3 is 14.6 Å². The van der Waals surface area contributed by atoms with E-state index in [0.29, 0.717) is 6.04 Å². The largest absolute Gasteiger partial charge is 0.497 e. The number of hydrogen-bond acceptors (Lipinski definition) is 3. The molecule has 4 heteroatoms. The van der Waals surface area contributed by atoms with Crippen LogP contribution in [0, 0.1) is 0 Å². The third kappa shape index (κ3) is 2.66. The summed E-state index contributed by atoms with van der Waals surface area (Å²) in [6.07, 6.45) is 3.64. The van der Waals surface area contributed by atoms with E-state index in [1.54, 1.807) is 7.11 Å². The second-order valence-electron chi connectivity index (χ2n) is 5.82. The first kappa shape index (κ1) is 13.4. The van der Waals surface area contributed by atoms with Crippen LogP contribution < -0.4 is 10.1 Å². The first-order valence-electron chi connectivity index (χ1n) is 7.47. The zero-order valence-electron chi connectivity index (χ0n) is 12.5. The van der Waals surface area contributed by atoms with E-state index in [4.69, 9.17) is 9.72 Å². The van der Waals surface area contributed by atoms with Gasteiger partial charge in [0.05, 0.1) is 18.1 Å². The quantitative estimate of drug-likeness (QED) is 0.879. The Morgan fingerprint density at radius 2 is 2.20 bits per heavy atom. The van der Waals surface area contributed by atoms with Gasteiger partial charge in [0, 0.05) is 31.1 Å². The topological polar surface area (TPSA) is 39.1 Å². The van der Waals surface area contributed by atoms with Crippen LogP contribution >= 0.6 is 0 Å². The van der Waals surface area contributed by atoms with Crippen LogP contribution in [0.5, 0.6) is 5.75 Å².